The summed E-state index contributed by atoms with van der Waals surface area (Å²) in [6, 6.07) is 3.50. The Morgan fingerprint density at radius 2 is 1.94 bits per heavy atom. The molecule has 1 unspecified atom stereocenters. The Morgan fingerprint density at radius 3 is 2.50 bits per heavy atom. The third-order valence-corrected chi connectivity index (χ3v) is 2.17. The highest BCUT2D eigenvalue weighted by atomic mass is 19.2. The topological polar surface area (TPSA) is 41.5 Å². The summed E-state index contributed by atoms with van der Waals surface area (Å²) in [5, 5.41) is 12.5. The number of hydrogen-bond donors (Lipinski definition) is 2. The normalized spacial score (nSPS) is 13.4. The van der Waals surface area contributed by atoms with Gasteiger partial charge in [0.15, 0.2) is 11.6 Å². The first-order chi connectivity index (χ1) is 8.28. The molecule has 2 N–H and O–H groups in total. The molecule has 0 bridgehead atoms. The van der Waals surface area contributed by atoms with Crippen LogP contribution in [0.15, 0.2) is 18.2 Å². The summed E-state index contributed by atoms with van der Waals surface area (Å²) >= 11 is 0. The van der Waals surface area contributed by atoms with Crippen LogP contribution in [0.25, 0.3) is 0 Å². The third-order valence-electron chi connectivity index (χ3n) is 2.17. The van der Waals surface area contributed by atoms with Gasteiger partial charge in [-0.2, -0.15) is 0 Å². The van der Waals surface area contributed by atoms with Crippen molar-refractivity contribution in [2.45, 2.75) is 32.5 Å². The number of hydrogen-bond acceptors (Lipinski definition) is 3. The molecule has 0 radical (unpaired) electrons. The zero-order valence-corrected chi connectivity index (χ0v) is 10.8. The quantitative estimate of drug-likeness (QED) is 0.854. The zero-order valence-electron chi connectivity index (χ0n) is 10.8. The van der Waals surface area contributed by atoms with Crippen molar-refractivity contribution in [2.24, 2.45) is 0 Å². The van der Waals surface area contributed by atoms with E-state index in [2.05, 4.69) is 5.32 Å². The van der Waals surface area contributed by atoms with E-state index in [9.17, 15) is 13.9 Å². The van der Waals surface area contributed by atoms with E-state index in [-0.39, 0.29) is 18.8 Å². The third kappa shape index (κ3) is 5.42. The molecule has 0 heterocycles. The lowest BCUT2D eigenvalue weighted by Gasteiger charge is -2.22. The molecule has 102 valence electrons. The number of aliphatic hydroxyl groups is 1. The predicted octanol–water partition coefficient (Wildman–Crippen LogP) is 2.55. The summed E-state index contributed by atoms with van der Waals surface area (Å²) < 4.78 is 31.0. The smallest absolute Gasteiger partial charge is 0.160 e. The van der Waals surface area contributed by atoms with Crippen LogP contribution in [0.1, 0.15) is 20.8 Å². The number of ether oxygens (including phenoxy) is 1. The first kappa shape index (κ1) is 14.9. The fraction of sp³-hybridized carbons (Fsp3) is 0.538. The van der Waals surface area contributed by atoms with Gasteiger partial charge in [-0.3, -0.25) is 0 Å². The molecule has 0 aromatic heterocycles. The van der Waals surface area contributed by atoms with E-state index in [0.717, 1.165) is 12.1 Å². The van der Waals surface area contributed by atoms with Crippen LogP contribution in [-0.4, -0.2) is 30.0 Å². The van der Waals surface area contributed by atoms with Crippen molar-refractivity contribution in [1.82, 2.24) is 0 Å². The van der Waals surface area contributed by atoms with Crippen molar-refractivity contribution >= 4 is 5.69 Å². The fourth-order valence-electron chi connectivity index (χ4n) is 1.25. The zero-order chi connectivity index (χ0) is 13.8. The first-order valence-corrected chi connectivity index (χ1v) is 5.79. The molecule has 3 nitrogen and oxygen atoms in total. The van der Waals surface area contributed by atoms with E-state index >= 15 is 0 Å². The van der Waals surface area contributed by atoms with Gasteiger partial charge in [-0.25, -0.2) is 8.78 Å². The average Bonchev–Trinajstić information content (AvgIpc) is 2.27. The highest BCUT2D eigenvalue weighted by Crippen LogP contribution is 2.13. The Labute approximate surface area is 106 Å². The van der Waals surface area contributed by atoms with E-state index in [0.29, 0.717) is 5.69 Å². The molecule has 5 heteroatoms. The minimum absolute atomic E-state index is 0.181. The summed E-state index contributed by atoms with van der Waals surface area (Å²) in [6.07, 6.45) is -0.711. The molecule has 18 heavy (non-hydrogen) atoms. The van der Waals surface area contributed by atoms with E-state index in [4.69, 9.17) is 4.74 Å². The Kier molecular flexibility index (Phi) is 5.04. The maximum absolute atomic E-state index is 12.9. The predicted molar refractivity (Wildman–Crippen MR) is 66.6 cm³/mol. The van der Waals surface area contributed by atoms with Gasteiger partial charge in [0.25, 0.3) is 0 Å². The van der Waals surface area contributed by atoms with Gasteiger partial charge in [-0.1, -0.05) is 0 Å². The number of rotatable bonds is 5. The van der Waals surface area contributed by atoms with E-state index in [1.165, 1.54) is 6.07 Å². The number of benzene rings is 1. The largest absolute Gasteiger partial charge is 0.389 e. The van der Waals surface area contributed by atoms with Crippen molar-refractivity contribution in [3.63, 3.8) is 0 Å². The minimum atomic E-state index is -0.916. The van der Waals surface area contributed by atoms with Crippen LogP contribution >= 0.6 is 0 Å². The molecule has 0 spiro atoms. The fourth-order valence-corrected chi connectivity index (χ4v) is 1.25. The van der Waals surface area contributed by atoms with Gasteiger partial charge in [0, 0.05) is 18.3 Å². The van der Waals surface area contributed by atoms with Crippen LogP contribution in [-0.2, 0) is 4.74 Å². The second-order valence-electron chi connectivity index (χ2n) is 5.09. The van der Waals surface area contributed by atoms with Crippen molar-refractivity contribution in [3.05, 3.63) is 29.8 Å². The van der Waals surface area contributed by atoms with E-state index in [1.807, 2.05) is 20.8 Å². The molecule has 1 aromatic carbocycles. The van der Waals surface area contributed by atoms with E-state index < -0.39 is 17.7 Å². The van der Waals surface area contributed by atoms with Gasteiger partial charge in [0.1, 0.15) is 0 Å². The number of halogens is 2. The van der Waals surface area contributed by atoms with Crippen LogP contribution < -0.4 is 5.32 Å². The maximum Gasteiger partial charge on any atom is 0.160 e. The summed E-state index contributed by atoms with van der Waals surface area (Å²) in [5.74, 6) is -1.81. The lowest BCUT2D eigenvalue weighted by Crippen LogP contribution is -2.30. The molecule has 1 aromatic rings. The van der Waals surface area contributed by atoms with Crippen molar-refractivity contribution in [3.8, 4) is 0 Å². The standard InChI is InChI=1S/C13H19F2NO2/c1-13(2,3)18-8-10(17)7-16-9-4-5-11(14)12(15)6-9/h4-6,10,16-17H,7-8H2,1-3H3. The van der Waals surface area contributed by atoms with Crippen molar-refractivity contribution < 1.29 is 18.6 Å². The summed E-state index contributed by atoms with van der Waals surface area (Å²) in [4.78, 5) is 0. The molecule has 0 aliphatic rings. The number of anilines is 1. The second kappa shape index (κ2) is 6.11. The summed E-state index contributed by atoms with van der Waals surface area (Å²) in [5.41, 5.74) is 0.104. The van der Waals surface area contributed by atoms with Crippen LogP contribution in [0.3, 0.4) is 0 Å². The Morgan fingerprint density at radius 1 is 1.28 bits per heavy atom. The monoisotopic (exact) mass is 259 g/mol. The summed E-state index contributed by atoms with van der Waals surface area (Å²) in [6.45, 7) is 6.06. The minimum Gasteiger partial charge on any atom is -0.389 e. The van der Waals surface area contributed by atoms with Gasteiger partial charge in [-0.05, 0) is 32.9 Å². The van der Waals surface area contributed by atoms with Crippen molar-refractivity contribution in [2.75, 3.05) is 18.5 Å². The lowest BCUT2D eigenvalue weighted by molar-refractivity contribution is -0.0449. The van der Waals surface area contributed by atoms with Crippen LogP contribution in [0.4, 0.5) is 14.5 Å². The highest BCUT2D eigenvalue weighted by molar-refractivity contribution is 5.43. The number of aliphatic hydroxyl groups excluding tert-OH is 1. The van der Waals surface area contributed by atoms with Gasteiger partial charge in [0.05, 0.1) is 18.3 Å². The Hall–Kier alpha value is -1.20. The van der Waals surface area contributed by atoms with Gasteiger partial charge < -0.3 is 15.2 Å². The van der Waals surface area contributed by atoms with Crippen molar-refractivity contribution in [1.29, 1.82) is 0 Å². The first-order valence-electron chi connectivity index (χ1n) is 5.79. The van der Waals surface area contributed by atoms with E-state index in [1.54, 1.807) is 0 Å². The molecule has 0 saturated heterocycles. The highest BCUT2D eigenvalue weighted by Gasteiger charge is 2.13. The molecule has 0 fully saturated rings. The molecular weight excluding hydrogens is 240 g/mol. The van der Waals surface area contributed by atoms with Crippen LogP contribution in [0, 0.1) is 11.6 Å². The van der Waals surface area contributed by atoms with Crippen LogP contribution in [0.2, 0.25) is 0 Å². The molecular formula is C13H19F2NO2. The molecule has 0 saturated carbocycles. The number of nitrogens with one attached hydrogen (secondary N) is 1. The van der Waals surface area contributed by atoms with Gasteiger partial charge in [-0.15, -0.1) is 0 Å². The Bertz CT molecular complexity index is 391. The van der Waals surface area contributed by atoms with Gasteiger partial charge >= 0.3 is 0 Å². The maximum atomic E-state index is 12.9. The second-order valence-corrected chi connectivity index (χ2v) is 5.09. The molecule has 0 aliphatic carbocycles. The molecule has 0 amide bonds. The molecule has 1 atom stereocenters. The molecule has 0 aliphatic heterocycles. The average molecular weight is 259 g/mol. The molecule has 1 rings (SSSR count). The van der Waals surface area contributed by atoms with Crippen LogP contribution in [0.5, 0.6) is 0 Å². The SMILES string of the molecule is CC(C)(C)OCC(O)CNc1ccc(F)c(F)c1. The Balaban J connectivity index is 2.38. The van der Waals surface area contributed by atoms with Gasteiger partial charge in [0.2, 0.25) is 0 Å². The summed E-state index contributed by atoms with van der Waals surface area (Å²) in [7, 11) is 0. The lowest BCUT2D eigenvalue weighted by atomic mass is 10.2.